The second kappa shape index (κ2) is 62.0. The highest BCUT2D eigenvalue weighted by molar-refractivity contribution is 7.47. The molecule has 9 nitrogen and oxygen atoms in total. The predicted molar refractivity (Wildman–Crippen MR) is 355 cm³/mol. The maximum Gasteiger partial charge on any atom is 0.472 e. The van der Waals surface area contributed by atoms with Crippen LogP contribution in [-0.4, -0.2) is 74.3 Å². The summed E-state index contributed by atoms with van der Waals surface area (Å²) in [6, 6.07) is -0.850. The fourth-order valence-electron chi connectivity index (χ4n) is 10.5. The molecule has 82 heavy (non-hydrogen) atoms. The first-order valence-electron chi connectivity index (χ1n) is 35.5. The van der Waals surface area contributed by atoms with Crippen LogP contribution in [0.1, 0.15) is 348 Å². The van der Waals surface area contributed by atoms with Crippen LogP contribution < -0.4 is 5.32 Å². The average molecular weight is 1170 g/mol. The summed E-state index contributed by atoms with van der Waals surface area (Å²) in [5, 5.41) is 3.07. The van der Waals surface area contributed by atoms with Gasteiger partial charge in [0.2, 0.25) is 5.91 Å². The van der Waals surface area contributed by atoms with Crippen molar-refractivity contribution in [2.24, 2.45) is 0 Å². The molecule has 0 rings (SSSR count). The van der Waals surface area contributed by atoms with Gasteiger partial charge in [0.1, 0.15) is 19.3 Å². The molecule has 0 radical (unpaired) electrons. The van der Waals surface area contributed by atoms with Crippen molar-refractivity contribution in [3.8, 4) is 0 Å². The summed E-state index contributed by atoms with van der Waals surface area (Å²) in [5.41, 5.74) is 0. The molecule has 10 heteroatoms. The lowest BCUT2D eigenvalue weighted by Crippen LogP contribution is -2.47. The summed E-state index contributed by atoms with van der Waals surface area (Å²) in [4.78, 5) is 37.9. The highest BCUT2D eigenvalue weighted by Gasteiger charge is 2.30. The minimum atomic E-state index is -4.45. The van der Waals surface area contributed by atoms with Crippen molar-refractivity contribution < 1.29 is 37.3 Å². The van der Waals surface area contributed by atoms with Gasteiger partial charge in [-0.2, -0.15) is 0 Å². The minimum Gasteiger partial charge on any atom is -0.456 e. The summed E-state index contributed by atoms with van der Waals surface area (Å²) in [5.74, 6) is -0.497. The van der Waals surface area contributed by atoms with Crippen LogP contribution in [0.3, 0.4) is 0 Å². The van der Waals surface area contributed by atoms with Crippen molar-refractivity contribution in [3.63, 3.8) is 0 Å². The van der Waals surface area contributed by atoms with Gasteiger partial charge in [0, 0.05) is 12.8 Å². The summed E-state index contributed by atoms with van der Waals surface area (Å²) < 4.78 is 30.8. The highest BCUT2D eigenvalue weighted by atomic mass is 31.2. The van der Waals surface area contributed by atoms with Gasteiger partial charge >= 0.3 is 13.8 Å². The molecule has 0 aliphatic heterocycles. The monoisotopic (exact) mass is 1170 g/mol. The highest BCUT2D eigenvalue weighted by Crippen LogP contribution is 2.43. The maximum absolute atomic E-state index is 13.6. The molecule has 0 saturated heterocycles. The van der Waals surface area contributed by atoms with E-state index in [1.54, 1.807) is 0 Å². The second-order valence-electron chi connectivity index (χ2n) is 25.4. The predicted octanol–water partition coefficient (Wildman–Crippen LogP) is 22.4. The van der Waals surface area contributed by atoms with E-state index in [-0.39, 0.29) is 31.5 Å². The van der Waals surface area contributed by atoms with Crippen molar-refractivity contribution in [1.82, 2.24) is 5.32 Å². The van der Waals surface area contributed by atoms with Crippen molar-refractivity contribution in [3.05, 3.63) is 48.6 Å². The molecule has 0 aromatic rings. The van der Waals surface area contributed by atoms with Crippen molar-refractivity contribution >= 4 is 19.7 Å². The number of unbranched alkanes of at least 4 members (excludes halogenated alkanes) is 43. The molecule has 482 valence electrons. The summed E-state index contributed by atoms with van der Waals surface area (Å²) in [6.07, 6.45) is 78.3. The van der Waals surface area contributed by atoms with E-state index in [4.69, 9.17) is 13.8 Å². The number of phosphoric ester groups is 1. The van der Waals surface area contributed by atoms with Gasteiger partial charge in [0.25, 0.3) is 0 Å². The van der Waals surface area contributed by atoms with Crippen LogP contribution in [0.5, 0.6) is 0 Å². The van der Waals surface area contributed by atoms with Gasteiger partial charge in [0.05, 0.1) is 33.8 Å². The second-order valence-corrected chi connectivity index (χ2v) is 26.9. The van der Waals surface area contributed by atoms with Crippen LogP contribution in [0, 0.1) is 0 Å². The van der Waals surface area contributed by atoms with E-state index in [0.29, 0.717) is 17.4 Å². The van der Waals surface area contributed by atoms with E-state index in [0.717, 1.165) is 83.5 Å². The standard InChI is InChI=1S/C72H137N2O7P/c1-7-10-13-16-19-22-25-28-30-32-34-36-37-39-40-42-44-46-49-52-55-58-61-64-71(75)73-69(68-80-82(77,78)79-67-66-74(4,5)6)70(63-60-57-54-51-48-27-24-21-18-15-12-9-3)81-72(76)65-62-59-56-53-50-47-45-43-41-38-35-33-31-29-26-23-20-17-14-11-8-2/h20,23,29,31,35,38,60,63,69-70H,7-19,21-22,24-28,30,32-34,36-37,39-59,61-62,64-68H2,1-6H3,(H-,73,75,77,78)/p+1/b23-20-,31-29-,38-35-,63-60+. The zero-order valence-corrected chi connectivity index (χ0v) is 56.1. The summed E-state index contributed by atoms with van der Waals surface area (Å²) in [7, 11) is 1.50. The molecule has 0 saturated carbocycles. The molecule has 0 aliphatic rings. The Morgan fingerprint density at radius 1 is 0.427 bits per heavy atom. The SMILES string of the molecule is CCCCC/C=C\C/C=C\C/C=C\CCCCCCCCCCC(=O)OC(/C=C/CCCCCCCCCCCC)C(COP(=O)(O)OCC[N+](C)(C)C)NC(=O)CCCCCCCCCCCCCCCCCCCCCCCCC. The van der Waals surface area contributed by atoms with Crippen LogP contribution in [0.25, 0.3) is 0 Å². The Morgan fingerprint density at radius 3 is 1.13 bits per heavy atom. The Morgan fingerprint density at radius 2 is 0.744 bits per heavy atom. The lowest BCUT2D eigenvalue weighted by molar-refractivity contribution is -0.870. The number of nitrogens with one attached hydrogen (secondary N) is 1. The number of allylic oxidation sites excluding steroid dienone is 7. The molecular formula is C72H138N2O7P+. The smallest absolute Gasteiger partial charge is 0.456 e. The number of carbonyl (C=O) groups is 2. The number of ether oxygens (including phenoxy) is 1. The summed E-state index contributed by atoms with van der Waals surface area (Å²) in [6.45, 7) is 7.03. The van der Waals surface area contributed by atoms with E-state index in [2.05, 4.69) is 62.5 Å². The number of hydrogen-bond donors (Lipinski definition) is 2. The first-order chi connectivity index (χ1) is 39.9. The Balaban J connectivity index is 5.07. The fourth-order valence-corrected chi connectivity index (χ4v) is 11.3. The first kappa shape index (κ1) is 80.0. The van der Waals surface area contributed by atoms with Crippen LogP contribution in [-0.2, 0) is 27.9 Å². The molecule has 0 spiro atoms. The third kappa shape index (κ3) is 62.5. The number of rotatable bonds is 65. The Labute approximate surface area is 509 Å². The molecule has 0 bridgehead atoms. The zero-order valence-electron chi connectivity index (χ0n) is 55.2. The molecule has 0 aromatic heterocycles. The van der Waals surface area contributed by atoms with Crippen LogP contribution in [0.15, 0.2) is 48.6 Å². The van der Waals surface area contributed by atoms with Crippen molar-refractivity contribution in [2.45, 2.75) is 360 Å². The van der Waals surface area contributed by atoms with Gasteiger partial charge in [-0.15, -0.1) is 0 Å². The number of esters is 1. The van der Waals surface area contributed by atoms with Crippen LogP contribution in [0.2, 0.25) is 0 Å². The normalized spacial score (nSPS) is 13.8. The van der Waals surface area contributed by atoms with E-state index in [1.807, 2.05) is 33.3 Å². The molecule has 0 heterocycles. The van der Waals surface area contributed by atoms with Crippen LogP contribution >= 0.6 is 7.82 Å². The molecule has 2 N–H and O–H groups in total. The number of likely N-dealkylation sites (N-methyl/N-ethyl adjacent to an activating group) is 1. The first-order valence-corrected chi connectivity index (χ1v) is 37.0. The molecule has 3 unspecified atom stereocenters. The largest absolute Gasteiger partial charge is 0.472 e. The molecule has 0 aromatic carbocycles. The van der Waals surface area contributed by atoms with E-state index in [1.165, 1.54) is 231 Å². The third-order valence-corrected chi connectivity index (χ3v) is 17.0. The number of hydrogen-bond acceptors (Lipinski definition) is 6. The topological polar surface area (TPSA) is 111 Å². The van der Waals surface area contributed by atoms with E-state index >= 15 is 0 Å². The quantitative estimate of drug-likeness (QED) is 0.0205. The Kier molecular flexibility index (Phi) is 60.5. The van der Waals surface area contributed by atoms with Crippen molar-refractivity contribution in [2.75, 3.05) is 40.9 Å². The Hall–Kier alpha value is -2.03. The third-order valence-electron chi connectivity index (χ3n) is 16.0. The fraction of sp³-hybridized carbons (Fsp3) is 0.861. The van der Waals surface area contributed by atoms with Crippen LogP contribution in [0.4, 0.5) is 0 Å². The summed E-state index contributed by atoms with van der Waals surface area (Å²) >= 11 is 0. The van der Waals surface area contributed by atoms with Gasteiger partial charge in [-0.25, -0.2) is 4.57 Å². The molecule has 3 atom stereocenters. The lowest BCUT2D eigenvalue weighted by atomic mass is 10.0. The number of quaternary nitrogens is 1. The molecular weight excluding hydrogens is 1040 g/mol. The van der Waals surface area contributed by atoms with Gasteiger partial charge < -0.3 is 19.4 Å². The maximum atomic E-state index is 13.6. The zero-order chi connectivity index (χ0) is 60.0. The van der Waals surface area contributed by atoms with Gasteiger partial charge in [0.15, 0.2) is 0 Å². The van der Waals surface area contributed by atoms with E-state index < -0.39 is 20.0 Å². The molecule has 0 fully saturated rings. The minimum absolute atomic E-state index is 0.0405. The number of amides is 1. The molecule has 0 aliphatic carbocycles. The van der Waals surface area contributed by atoms with E-state index in [9.17, 15) is 19.0 Å². The number of carbonyl (C=O) groups excluding carboxylic acids is 2. The van der Waals surface area contributed by atoms with Gasteiger partial charge in [-0.05, 0) is 70.3 Å². The Bertz CT molecular complexity index is 1540. The average Bonchev–Trinajstić information content (AvgIpc) is 3.44. The molecule has 1 amide bonds. The lowest BCUT2D eigenvalue weighted by Gasteiger charge is -2.27. The van der Waals surface area contributed by atoms with Crippen molar-refractivity contribution in [1.29, 1.82) is 0 Å². The van der Waals surface area contributed by atoms with Gasteiger partial charge in [-0.3, -0.25) is 18.6 Å². The number of nitrogens with zero attached hydrogens (tertiary/aromatic N) is 1. The number of phosphoric acid groups is 1. The van der Waals surface area contributed by atoms with Gasteiger partial charge in [-0.1, -0.05) is 314 Å².